The number of pyridine rings is 1. The van der Waals surface area contributed by atoms with E-state index in [1.807, 2.05) is 29.0 Å². The summed E-state index contributed by atoms with van der Waals surface area (Å²) in [5, 5.41) is 0.812. The van der Waals surface area contributed by atoms with Gasteiger partial charge in [0.05, 0.1) is 16.6 Å². The molecule has 10 heteroatoms. The monoisotopic (exact) mass is 461 g/mol. The van der Waals surface area contributed by atoms with Crippen molar-refractivity contribution in [2.75, 3.05) is 32.6 Å². The van der Waals surface area contributed by atoms with Crippen molar-refractivity contribution in [1.82, 2.24) is 14.5 Å². The standard InChI is InChI=1S/C22H24FN3O5S/c1-32(28,29)19-3-4-20-16(14-19)6-12-26(20)21-5-2-18(15-24-21)31-17-7-10-25(11-8-17)22(27)30-13-9-23/h2-6,12,14-15,17H,7-11,13H2,1H3. The molecule has 1 aliphatic rings. The van der Waals surface area contributed by atoms with Crippen LogP contribution >= 0.6 is 0 Å². The average molecular weight is 462 g/mol. The van der Waals surface area contributed by atoms with Crippen molar-refractivity contribution in [1.29, 1.82) is 0 Å². The van der Waals surface area contributed by atoms with Crippen LogP contribution in [0.5, 0.6) is 5.75 Å². The van der Waals surface area contributed by atoms with E-state index < -0.39 is 22.6 Å². The first-order chi connectivity index (χ1) is 15.3. The van der Waals surface area contributed by atoms with Crippen LogP contribution in [0, 0.1) is 0 Å². The fraction of sp³-hybridized carbons (Fsp3) is 0.364. The molecule has 3 heterocycles. The quantitative estimate of drug-likeness (QED) is 0.559. The Kier molecular flexibility index (Phi) is 6.31. The zero-order chi connectivity index (χ0) is 22.7. The van der Waals surface area contributed by atoms with Crippen molar-refractivity contribution < 1.29 is 27.1 Å². The number of piperidine rings is 1. The van der Waals surface area contributed by atoms with E-state index in [9.17, 15) is 17.6 Å². The minimum Gasteiger partial charge on any atom is -0.489 e. The molecule has 0 bridgehead atoms. The second kappa shape index (κ2) is 9.15. The predicted molar refractivity (Wildman–Crippen MR) is 117 cm³/mol. The van der Waals surface area contributed by atoms with Gasteiger partial charge in [0.1, 0.15) is 31.0 Å². The topological polar surface area (TPSA) is 90.7 Å². The van der Waals surface area contributed by atoms with Gasteiger partial charge in [0, 0.05) is 43.8 Å². The molecule has 0 unspecified atom stereocenters. The second-order valence-electron chi connectivity index (χ2n) is 7.64. The van der Waals surface area contributed by atoms with Gasteiger partial charge in [-0.05, 0) is 36.4 Å². The fourth-order valence-electron chi connectivity index (χ4n) is 3.70. The van der Waals surface area contributed by atoms with Crippen LogP contribution in [-0.4, -0.2) is 67.7 Å². The lowest BCUT2D eigenvalue weighted by Crippen LogP contribution is -2.42. The Morgan fingerprint density at radius 2 is 1.97 bits per heavy atom. The number of rotatable bonds is 6. The van der Waals surface area contributed by atoms with Crippen LogP contribution in [0.1, 0.15) is 12.8 Å². The van der Waals surface area contributed by atoms with Crippen molar-refractivity contribution in [2.24, 2.45) is 0 Å². The third kappa shape index (κ3) is 4.85. The molecule has 4 rings (SSSR count). The molecular weight excluding hydrogens is 437 g/mol. The summed E-state index contributed by atoms with van der Waals surface area (Å²) in [6.45, 7) is 0.0792. The van der Waals surface area contributed by atoms with E-state index in [-0.39, 0.29) is 17.6 Å². The van der Waals surface area contributed by atoms with E-state index in [2.05, 4.69) is 4.98 Å². The molecule has 1 amide bonds. The smallest absolute Gasteiger partial charge is 0.409 e. The molecule has 0 aliphatic carbocycles. The first-order valence-electron chi connectivity index (χ1n) is 10.3. The highest BCUT2D eigenvalue weighted by Gasteiger charge is 2.25. The summed E-state index contributed by atoms with van der Waals surface area (Å²) in [4.78, 5) is 18.1. The highest BCUT2D eigenvalue weighted by Crippen LogP contribution is 2.24. The third-order valence-corrected chi connectivity index (χ3v) is 6.47. The van der Waals surface area contributed by atoms with Crippen LogP contribution in [0.2, 0.25) is 0 Å². The van der Waals surface area contributed by atoms with E-state index in [4.69, 9.17) is 9.47 Å². The number of carbonyl (C=O) groups excluding carboxylic acids is 1. The van der Waals surface area contributed by atoms with Crippen LogP contribution in [0.25, 0.3) is 16.7 Å². The van der Waals surface area contributed by atoms with Gasteiger partial charge in [-0.3, -0.25) is 0 Å². The van der Waals surface area contributed by atoms with Gasteiger partial charge >= 0.3 is 6.09 Å². The number of sulfone groups is 1. The van der Waals surface area contributed by atoms with Crippen LogP contribution in [0.4, 0.5) is 9.18 Å². The lowest BCUT2D eigenvalue weighted by atomic mass is 10.1. The molecule has 1 aromatic carbocycles. The number of amides is 1. The van der Waals surface area contributed by atoms with E-state index in [0.29, 0.717) is 37.5 Å². The largest absolute Gasteiger partial charge is 0.489 e. The zero-order valence-corrected chi connectivity index (χ0v) is 18.4. The second-order valence-corrected chi connectivity index (χ2v) is 9.65. The Hall–Kier alpha value is -3.14. The molecule has 170 valence electrons. The molecule has 8 nitrogen and oxygen atoms in total. The van der Waals surface area contributed by atoms with E-state index >= 15 is 0 Å². The molecule has 1 saturated heterocycles. The Morgan fingerprint density at radius 1 is 1.19 bits per heavy atom. The maximum absolute atomic E-state index is 12.1. The number of benzene rings is 1. The van der Waals surface area contributed by atoms with Gasteiger partial charge in [-0.15, -0.1) is 0 Å². The number of ether oxygens (including phenoxy) is 2. The molecule has 0 spiro atoms. The first kappa shape index (κ1) is 22.1. The van der Waals surface area contributed by atoms with Gasteiger partial charge in [0.15, 0.2) is 9.84 Å². The number of likely N-dealkylation sites (tertiary alicyclic amines) is 1. The van der Waals surface area contributed by atoms with Crippen LogP contribution in [0.3, 0.4) is 0 Å². The molecule has 3 aromatic rings. The highest BCUT2D eigenvalue weighted by molar-refractivity contribution is 7.90. The van der Waals surface area contributed by atoms with Crippen LogP contribution in [-0.2, 0) is 14.6 Å². The Labute approximate surface area is 185 Å². The summed E-state index contributed by atoms with van der Waals surface area (Å²) < 4.78 is 48.4. The number of hydrogen-bond acceptors (Lipinski definition) is 6. The van der Waals surface area contributed by atoms with Gasteiger partial charge in [0.25, 0.3) is 0 Å². The fourth-order valence-corrected chi connectivity index (χ4v) is 4.36. The van der Waals surface area contributed by atoms with Crippen molar-refractivity contribution >= 4 is 26.8 Å². The van der Waals surface area contributed by atoms with Gasteiger partial charge < -0.3 is 18.9 Å². The van der Waals surface area contributed by atoms with Gasteiger partial charge in [-0.25, -0.2) is 22.6 Å². The summed E-state index contributed by atoms with van der Waals surface area (Å²) >= 11 is 0. The summed E-state index contributed by atoms with van der Waals surface area (Å²) in [5.41, 5.74) is 0.852. The molecule has 2 aromatic heterocycles. The van der Waals surface area contributed by atoms with Crippen molar-refractivity contribution in [3.63, 3.8) is 0 Å². The SMILES string of the molecule is CS(=O)(=O)c1ccc2c(ccn2-c2ccc(OC3CCN(C(=O)OCCF)CC3)cn2)c1. The molecule has 32 heavy (non-hydrogen) atoms. The molecule has 1 aliphatic heterocycles. The van der Waals surface area contributed by atoms with Gasteiger partial charge in [-0.2, -0.15) is 0 Å². The number of nitrogens with zero attached hydrogens (tertiary/aromatic N) is 3. The van der Waals surface area contributed by atoms with E-state index in [1.54, 1.807) is 29.3 Å². The third-order valence-electron chi connectivity index (χ3n) is 5.36. The molecule has 0 radical (unpaired) electrons. The lowest BCUT2D eigenvalue weighted by molar-refractivity contribution is 0.0644. The number of carbonyl (C=O) groups is 1. The zero-order valence-electron chi connectivity index (χ0n) is 17.6. The summed E-state index contributed by atoms with van der Waals surface area (Å²) in [7, 11) is -3.27. The molecule has 0 atom stereocenters. The van der Waals surface area contributed by atoms with Gasteiger partial charge in [0.2, 0.25) is 0 Å². The van der Waals surface area contributed by atoms with Crippen molar-refractivity contribution in [3.8, 4) is 11.6 Å². The number of fused-ring (bicyclic) bond motifs is 1. The highest BCUT2D eigenvalue weighted by atomic mass is 32.2. The summed E-state index contributed by atoms with van der Waals surface area (Å²) in [6, 6.07) is 10.5. The lowest BCUT2D eigenvalue weighted by Gasteiger charge is -2.31. The van der Waals surface area contributed by atoms with Gasteiger partial charge in [-0.1, -0.05) is 0 Å². The van der Waals surface area contributed by atoms with Crippen LogP contribution in [0.15, 0.2) is 53.7 Å². The number of alkyl halides is 1. The summed E-state index contributed by atoms with van der Waals surface area (Å²) in [5.74, 6) is 1.31. The Morgan fingerprint density at radius 3 is 2.62 bits per heavy atom. The predicted octanol–water partition coefficient (Wildman–Crippen LogP) is 3.38. The normalized spacial score (nSPS) is 15.1. The average Bonchev–Trinajstić information content (AvgIpc) is 3.21. The van der Waals surface area contributed by atoms with Crippen molar-refractivity contribution in [2.45, 2.75) is 23.8 Å². The minimum atomic E-state index is -3.27. The Bertz CT molecular complexity index is 1200. The van der Waals surface area contributed by atoms with Crippen molar-refractivity contribution in [3.05, 3.63) is 48.8 Å². The Balaban J connectivity index is 1.39. The number of aromatic nitrogens is 2. The summed E-state index contributed by atoms with van der Waals surface area (Å²) in [6.07, 6.45) is 5.44. The first-order valence-corrected chi connectivity index (χ1v) is 12.2. The van der Waals surface area contributed by atoms with Crippen LogP contribution < -0.4 is 4.74 Å². The van der Waals surface area contributed by atoms with E-state index in [0.717, 1.165) is 10.9 Å². The van der Waals surface area contributed by atoms with E-state index in [1.165, 1.54) is 6.26 Å². The minimum absolute atomic E-state index is 0.0466. The number of hydrogen-bond donors (Lipinski definition) is 0. The molecule has 1 fully saturated rings. The maximum atomic E-state index is 12.1. The maximum Gasteiger partial charge on any atom is 0.409 e. The molecule has 0 N–H and O–H groups in total. The molecule has 0 saturated carbocycles. The number of halogens is 1. The molecular formula is C22H24FN3O5S.